The van der Waals surface area contributed by atoms with Crippen LogP contribution < -0.4 is 10.5 Å². The predicted molar refractivity (Wildman–Crippen MR) is 43.8 cm³/mol. The second-order valence-corrected chi connectivity index (χ2v) is 3.10. The Kier molecular flexibility index (Phi) is 2.11. The van der Waals surface area contributed by atoms with Crippen LogP contribution in [0.4, 0.5) is 13.2 Å². The number of halogens is 3. The Morgan fingerprint density at radius 3 is 2.79 bits per heavy atom. The van der Waals surface area contributed by atoms with Crippen molar-refractivity contribution in [1.29, 1.82) is 0 Å². The topological polar surface area (TPSA) is 35.2 Å². The molecule has 0 aromatic heterocycles. The first-order valence-electron chi connectivity index (χ1n) is 4.10. The maximum atomic E-state index is 13.1. The average Bonchev–Trinajstić information content (AvgIpc) is 2.50. The van der Waals surface area contributed by atoms with Crippen LogP contribution in [0.3, 0.4) is 0 Å². The molecule has 1 aliphatic rings. The number of benzene rings is 1. The average molecular weight is 203 g/mol. The first-order chi connectivity index (χ1) is 6.61. The number of hydrogen-bond acceptors (Lipinski definition) is 2. The molecule has 0 saturated carbocycles. The van der Waals surface area contributed by atoms with Crippen molar-refractivity contribution in [2.45, 2.75) is 12.5 Å². The van der Waals surface area contributed by atoms with Crippen LogP contribution in [0.25, 0.3) is 0 Å². The minimum absolute atomic E-state index is 0.0516. The number of alkyl halides is 2. The van der Waals surface area contributed by atoms with Crippen molar-refractivity contribution in [2.24, 2.45) is 5.73 Å². The Morgan fingerprint density at radius 1 is 1.43 bits per heavy atom. The van der Waals surface area contributed by atoms with E-state index in [1.807, 2.05) is 0 Å². The molecular weight excluding hydrogens is 195 g/mol. The van der Waals surface area contributed by atoms with E-state index in [0.717, 1.165) is 12.1 Å². The maximum absolute atomic E-state index is 13.1. The third-order valence-corrected chi connectivity index (χ3v) is 2.19. The Morgan fingerprint density at radius 2 is 2.14 bits per heavy atom. The zero-order valence-electron chi connectivity index (χ0n) is 7.14. The fourth-order valence-electron chi connectivity index (χ4n) is 1.56. The molecule has 0 aliphatic carbocycles. The van der Waals surface area contributed by atoms with Crippen LogP contribution in [0.15, 0.2) is 12.1 Å². The third kappa shape index (κ3) is 1.24. The van der Waals surface area contributed by atoms with Crippen LogP contribution in [0.2, 0.25) is 0 Å². The lowest BCUT2D eigenvalue weighted by molar-refractivity contribution is 0.150. The lowest BCUT2D eigenvalue weighted by atomic mass is 10.0. The second kappa shape index (κ2) is 3.16. The maximum Gasteiger partial charge on any atom is 0.264 e. The highest BCUT2D eigenvalue weighted by Gasteiger charge is 2.30. The summed E-state index contributed by atoms with van der Waals surface area (Å²) in [6, 6.07) is 1.36. The van der Waals surface area contributed by atoms with Gasteiger partial charge in [-0.3, -0.25) is 0 Å². The smallest absolute Gasteiger partial charge is 0.264 e. The monoisotopic (exact) mass is 203 g/mol. The molecule has 1 aliphatic heterocycles. The van der Waals surface area contributed by atoms with Gasteiger partial charge in [0, 0.05) is 11.1 Å². The number of fused-ring (bicyclic) bond motifs is 1. The fourth-order valence-corrected chi connectivity index (χ4v) is 1.56. The number of hydrogen-bond donors (Lipinski definition) is 1. The summed E-state index contributed by atoms with van der Waals surface area (Å²) in [4.78, 5) is 0. The van der Waals surface area contributed by atoms with E-state index in [2.05, 4.69) is 0 Å². The van der Waals surface area contributed by atoms with E-state index in [-0.39, 0.29) is 23.5 Å². The van der Waals surface area contributed by atoms with Gasteiger partial charge in [-0.25, -0.2) is 13.2 Å². The molecule has 2 N–H and O–H groups in total. The summed E-state index contributed by atoms with van der Waals surface area (Å²) in [7, 11) is 0. The van der Waals surface area contributed by atoms with Crippen LogP contribution in [0.5, 0.6) is 5.75 Å². The lowest BCUT2D eigenvalue weighted by Gasteiger charge is -2.08. The largest absolute Gasteiger partial charge is 0.488 e. The highest BCUT2D eigenvalue weighted by atomic mass is 19.3. The van der Waals surface area contributed by atoms with Gasteiger partial charge in [0.05, 0.1) is 6.04 Å². The quantitative estimate of drug-likeness (QED) is 0.759. The molecule has 1 aromatic carbocycles. The molecule has 76 valence electrons. The summed E-state index contributed by atoms with van der Waals surface area (Å²) in [5.41, 5.74) is 5.38. The molecule has 0 amide bonds. The molecule has 1 atom stereocenters. The van der Waals surface area contributed by atoms with Crippen molar-refractivity contribution >= 4 is 0 Å². The molecule has 1 aromatic rings. The van der Waals surface area contributed by atoms with Gasteiger partial charge >= 0.3 is 0 Å². The van der Waals surface area contributed by atoms with E-state index in [1.165, 1.54) is 0 Å². The van der Waals surface area contributed by atoms with Crippen LogP contribution in [0, 0.1) is 5.82 Å². The summed E-state index contributed by atoms with van der Waals surface area (Å²) < 4.78 is 43.0. The molecule has 0 spiro atoms. The van der Waals surface area contributed by atoms with Gasteiger partial charge in [0.2, 0.25) is 0 Å². The summed E-state index contributed by atoms with van der Waals surface area (Å²) in [5, 5.41) is 0. The Bertz CT molecular complexity index is 367. The van der Waals surface area contributed by atoms with Crippen LogP contribution >= 0.6 is 0 Å². The molecule has 2 rings (SSSR count). The molecule has 5 heteroatoms. The Labute approximate surface area is 78.5 Å². The second-order valence-electron chi connectivity index (χ2n) is 3.10. The number of rotatable bonds is 1. The van der Waals surface area contributed by atoms with Crippen LogP contribution in [-0.2, 0) is 0 Å². The van der Waals surface area contributed by atoms with Gasteiger partial charge in [0.25, 0.3) is 6.43 Å². The van der Waals surface area contributed by atoms with Crippen LogP contribution in [-0.4, -0.2) is 6.61 Å². The van der Waals surface area contributed by atoms with Crippen molar-refractivity contribution in [2.75, 3.05) is 6.61 Å². The van der Waals surface area contributed by atoms with E-state index in [9.17, 15) is 13.2 Å². The third-order valence-electron chi connectivity index (χ3n) is 2.19. The predicted octanol–water partition coefficient (Wildman–Crippen LogP) is 2.16. The zero-order valence-corrected chi connectivity index (χ0v) is 7.14. The highest BCUT2D eigenvalue weighted by molar-refractivity contribution is 5.46. The van der Waals surface area contributed by atoms with Gasteiger partial charge in [-0.05, 0) is 12.1 Å². The molecule has 0 fully saturated rings. The van der Waals surface area contributed by atoms with Gasteiger partial charge in [0.15, 0.2) is 11.6 Å². The van der Waals surface area contributed by atoms with Gasteiger partial charge in [-0.15, -0.1) is 0 Å². The molecule has 2 nitrogen and oxygen atoms in total. The Balaban J connectivity index is 2.60. The number of nitrogens with two attached hydrogens (primary N) is 1. The van der Waals surface area contributed by atoms with Crippen molar-refractivity contribution in [3.63, 3.8) is 0 Å². The van der Waals surface area contributed by atoms with Crippen molar-refractivity contribution < 1.29 is 17.9 Å². The van der Waals surface area contributed by atoms with E-state index in [4.69, 9.17) is 10.5 Å². The molecule has 0 bridgehead atoms. The van der Waals surface area contributed by atoms with Gasteiger partial charge in [0.1, 0.15) is 6.61 Å². The molecule has 0 saturated heterocycles. The van der Waals surface area contributed by atoms with E-state index in [1.54, 1.807) is 0 Å². The summed E-state index contributed by atoms with van der Waals surface area (Å²) in [6.07, 6.45) is -2.66. The van der Waals surface area contributed by atoms with Gasteiger partial charge < -0.3 is 10.5 Å². The van der Waals surface area contributed by atoms with Crippen LogP contribution in [0.1, 0.15) is 23.6 Å². The molecule has 0 radical (unpaired) electrons. The van der Waals surface area contributed by atoms with Gasteiger partial charge in [-0.1, -0.05) is 0 Å². The summed E-state index contributed by atoms with van der Waals surface area (Å²) in [6.45, 7) is 0.0516. The first kappa shape index (κ1) is 9.33. The highest BCUT2D eigenvalue weighted by Crippen LogP contribution is 2.39. The fraction of sp³-hybridized carbons (Fsp3) is 0.333. The minimum atomic E-state index is -2.66. The molecule has 0 unspecified atom stereocenters. The van der Waals surface area contributed by atoms with Crippen molar-refractivity contribution in [3.8, 4) is 5.75 Å². The standard InChI is InChI=1S/C9H8F3NO/c10-5-2-1-4(9(11)12)7-6(13)3-14-8(5)7/h1-2,6,9H,3,13H2/t6-/m1/s1. The zero-order chi connectivity index (χ0) is 10.3. The van der Waals surface area contributed by atoms with E-state index < -0.39 is 18.3 Å². The normalized spacial score (nSPS) is 19.6. The van der Waals surface area contributed by atoms with Crippen molar-refractivity contribution in [1.82, 2.24) is 0 Å². The summed E-state index contributed by atoms with van der Waals surface area (Å²) >= 11 is 0. The molecule has 14 heavy (non-hydrogen) atoms. The van der Waals surface area contributed by atoms with Gasteiger partial charge in [-0.2, -0.15) is 0 Å². The number of ether oxygens (including phenoxy) is 1. The molecule has 1 heterocycles. The Hall–Kier alpha value is -1.23. The SMILES string of the molecule is N[C@@H]1COc2c(F)ccc(C(F)F)c21. The van der Waals surface area contributed by atoms with E-state index in [0.29, 0.717) is 0 Å². The van der Waals surface area contributed by atoms with E-state index >= 15 is 0 Å². The first-order valence-corrected chi connectivity index (χ1v) is 4.10. The minimum Gasteiger partial charge on any atom is -0.488 e. The molecular formula is C9H8F3NO. The summed E-state index contributed by atoms with van der Waals surface area (Å²) in [5.74, 6) is -0.771. The lowest BCUT2D eigenvalue weighted by Crippen LogP contribution is -2.12. The van der Waals surface area contributed by atoms with Crippen molar-refractivity contribution in [3.05, 3.63) is 29.1 Å².